The number of carbonyl (C=O) groups excluding carboxylic acids is 1. The maximum atomic E-state index is 12.7. The molecule has 0 aliphatic carbocycles. The van der Waals surface area contributed by atoms with Crippen LogP contribution in [0.5, 0.6) is 0 Å². The van der Waals surface area contributed by atoms with Crippen molar-refractivity contribution >= 4 is 56.6 Å². The zero-order valence-electron chi connectivity index (χ0n) is 15.8. The molecule has 0 aliphatic rings. The average Bonchev–Trinajstić information content (AvgIpc) is 2.73. The molecule has 0 bridgehead atoms. The number of carbonyl (C=O) groups is 1. The number of hydrogen-bond donors (Lipinski definition) is 2. The highest BCUT2D eigenvalue weighted by Gasteiger charge is 2.18. The van der Waals surface area contributed by atoms with Gasteiger partial charge in [0, 0.05) is 5.02 Å². The van der Waals surface area contributed by atoms with Crippen molar-refractivity contribution in [1.29, 1.82) is 5.26 Å². The van der Waals surface area contributed by atoms with Crippen LogP contribution in [-0.4, -0.2) is 14.3 Å². The van der Waals surface area contributed by atoms with Crippen LogP contribution in [0.4, 0.5) is 11.4 Å². The second-order valence-corrected chi connectivity index (χ2v) is 8.82. The van der Waals surface area contributed by atoms with Crippen LogP contribution in [0.1, 0.15) is 5.56 Å². The normalized spacial score (nSPS) is 11.5. The molecule has 0 aromatic heterocycles. The van der Waals surface area contributed by atoms with Crippen LogP contribution in [0.15, 0.2) is 83.3 Å². The van der Waals surface area contributed by atoms with E-state index in [1.54, 1.807) is 42.5 Å². The first-order valence-corrected chi connectivity index (χ1v) is 11.1. The fraction of sp³-hybridized carbons (Fsp3) is 0. The van der Waals surface area contributed by atoms with Crippen molar-refractivity contribution in [3.05, 3.63) is 94.0 Å². The molecule has 0 saturated carbocycles. The number of amides is 1. The minimum atomic E-state index is -3.98. The molecule has 31 heavy (non-hydrogen) atoms. The second-order valence-electron chi connectivity index (χ2n) is 6.29. The Kier molecular flexibility index (Phi) is 6.98. The quantitative estimate of drug-likeness (QED) is 0.374. The van der Waals surface area contributed by atoms with E-state index in [-0.39, 0.29) is 26.9 Å². The van der Waals surface area contributed by atoms with Gasteiger partial charge in [0.05, 0.1) is 21.3 Å². The van der Waals surface area contributed by atoms with Gasteiger partial charge in [0.1, 0.15) is 11.6 Å². The van der Waals surface area contributed by atoms with Crippen molar-refractivity contribution in [3.8, 4) is 6.07 Å². The van der Waals surface area contributed by atoms with E-state index >= 15 is 0 Å². The lowest BCUT2D eigenvalue weighted by Gasteiger charge is -2.12. The summed E-state index contributed by atoms with van der Waals surface area (Å²) in [5, 5.41) is 12.3. The minimum Gasteiger partial charge on any atom is -0.320 e. The van der Waals surface area contributed by atoms with E-state index in [1.807, 2.05) is 12.1 Å². The molecule has 0 radical (unpaired) electrons. The zero-order valence-corrected chi connectivity index (χ0v) is 18.2. The van der Waals surface area contributed by atoms with Crippen LogP contribution in [-0.2, 0) is 14.8 Å². The van der Waals surface area contributed by atoms with Gasteiger partial charge < -0.3 is 5.32 Å². The number of nitrogens with zero attached hydrogens (tertiary/aromatic N) is 1. The van der Waals surface area contributed by atoms with Crippen LogP contribution in [0.25, 0.3) is 6.08 Å². The molecule has 156 valence electrons. The molecular weight excluding hydrogens is 457 g/mol. The highest BCUT2D eigenvalue weighted by Crippen LogP contribution is 2.27. The van der Waals surface area contributed by atoms with Gasteiger partial charge in [0.15, 0.2) is 0 Å². The zero-order chi connectivity index (χ0) is 22.4. The Morgan fingerprint density at radius 3 is 2.39 bits per heavy atom. The maximum Gasteiger partial charge on any atom is 0.266 e. The summed E-state index contributed by atoms with van der Waals surface area (Å²) >= 11 is 12.0. The summed E-state index contributed by atoms with van der Waals surface area (Å²) in [6.07, 6.45) is 1.42. The number of nitrogens with one attached hydrogen (secondary N) is 2. The van der Waals surface area contributed by atoms with E-state index in [1.165, 1.54) is 30.3 Å². The van der Waals surface area contributed by atoms with Gasteiger partial charge in [0.2, 0.25) is 0 Å². The first-order valence-electron chi connectivity index (χ1n) is 8.84. The van der Waals surface area contributed by atoms with E-state index in [2.05, 4.69) is 10.0 Å². The summed E-state index contributed by atoms with van der Waals surface area (Å²) in [6, 6.07) is 20.8. The largest absolute Gasteiger partial charge is 0.320 e. The van der Waals surface area contributed by atoms with Gasteiger partial charge >= 0.3 is 0 Å². The molecular formula is C22H15Cl2N3O3S. The molecule has 2 N–H and O–H groups in total. The number of nitriles is 1. The van der Waals surface area contributed by atoms with E-state index in [9.17, 15) is 18.5 Å². The first kappa shape index (κ1) is 22.4. The van der Waals surface area contributed by atoms with E-state index in [4.69, 9.17) is 23.2 Å². The molecule has 0 saturated heterocycles. The summed E-state index contributed by atoms with van der Waals surface area (Å²) in [5.41, 5.74) is 0.843. The molecule has 3 rings (SSSR count). The predicted octanol–water partition coefficient (Wildman–Crippen LogP) is 5.34. The average molecular weight is 472 g/mol. The van der Waals surface area contributed by atoms with Gasteiger partial charge in [-0.05, 0) is 48.0 Å². The molecule has 9 heteroatoms. The molecule has 0 heterocycles. The van der Waals surface area contributed by atoms with Gasteiger partial charge in [0.25, 0.3) is 15.9 Å². The lowest BCUT2D eigenvalue weighted by atomic mass is 10.1. The lowest BCUT2D eigenvalue weighted by Crippen LogP contribution is -2.16. The molecule has 0 aliphatic heterocycles. The molecule has 3 aromatic rings. The van der Waals surface area contributed by atoms with E-state index < -0.39 is 15.9 Å². The minimum absolute atomic E-state index is 0.0508. The van der Waals surface area contributed by atoms with E-state index in [0.717, 1.165) is 0 Å². The van der Waals surface area contributed by atoms with Gasteiger partial charge in [-0.3, -0.25) is 9.52 Å². The summed E-state index contributed by atoms with van der Waals surface area (Å²) in [4.78, 5) is 12.4. The number of hydrogen-bond acceptors (Lipinski definition) is 4. The third-order valence-corrected chi connectivity index (χ3v) is 5.99. The smallest absolute Gasteiger partial charge is 0.266 e. The Hall–Kier alpha value is -3.31. The van der Waals surface area contributed by atoms with Gasteiger partial charge in [-0.2, -0.15) is 5.26 Å². The lowest BCUT2D eigenvalue weighted by molar-refractivity contribution is -0.112. The maximum absolute atomic E-state index is 12.7. The Morgan fingerprint density at radius 2 is 1.71 bits per heavy atom. The first-order chi connectivity index (χ1) is 14.8. The monoisotopic (exact) mass is 471 g/mol. The molecule has 0 spiro atoms. The summed E-state index contributed by atoms with van der Waals surface area (Å²) in [6.45, 7) is 0. The number of benzene rings is 3. The van der Waals surface area contributed by atoms with Crippen molar-refractivity contribution in [2.45, 2.75) is 4.90 Å². The molecule has 0 fully saturated rings. The Bertz CT molecular complexity index is 1300. The van der Waals surface area contributed by atoms with E-state index in [0.29, 0.717) is 10.6 Å². The SMILES string of the molecule is N#C/C(=C\c1ccccc1)C(=O)Nc1cc(S(=O)(=O)Nc2cccc(Cl)c2)ccc1Cl. The Labute approximate surface area is 189 Å². The van der Waals surface area contributed by atoms with Crippen LogP contribution in [0.3, 0.4) is 0 Å². The standard InChI is InChI=1S/C22H15Cl2N3O3S/c23-17-7-4-8-18(12-17)27-31(29,30)19-9-10-20(24)21(13-19)26-22(28)16(14-25)11-15-5-2-1-3-6-15/h1-13,27H,(H,26,28)/b16-11+. The van der Waals surface area contributed by atoms with Gasteiger partial charge in [-0.25, -0.2) is 8.42 Å². The summed E-state index contributed by atoms with van der Waals surface area (Å²) < 4.78 is 27.8. The molecule has 0 atom stereocenters. The fourth-order valence-electron chi connectivity index (χ4n) is 2.59. The third kappa shape index (κ3) is 5.86. The number of sulfonamides is 1. The molecule has 0 unspecified atom stereocenters. The van der Waals surface area contributed by atoms with Crippen molar-refractivity contribution in [1.82, 2.24) is 0 Å². The van der Waals surface area contributed by atoms with Gasteiger partial charge in [-0.1, -0.05) is 59.6 Å². The highest BCUT2D eigenvalue weighted by atomic mass is 35.5. The molecule has 3 aromatic carbocycles. The van der Waals surface area contributed by atoms with Crippen LogP contribution in [0, 0.1) is 11.3 Å². The van der Waals surface area contributed by atoms with Crippen molar-refractivity contribution in [2.75, 3.05) is 10.0 Å². The second kappa shape index (κ2) is 9.67. The number of halogens is 2. The van der Waals surface area contributed by atoms with Crippen molar-refractivity contribution in [2.24, 2.45) is 0 Å². The predicted molar refractivity (Wildman–Crippen MR) is 122 cm³/mol. The third-order valence-electron chi connectivity index (χ3n) is 4.05. The van der Waals surface area contributed by atoms with Crippen LogP contribution >= 0.6 is 23.2 Å². The van der Waals surface area contributed by atoms with Gasteiger partial charge in [-0.15, -0.1) is 0 Å². The number of anilines is 2. The highest BCUT2D eigenvalue weighted by molar-refractivity contribution is 7.92. The Balaban J connectivity index is 1.86. The topological polar surface area (TPSA) is 99.1 Å². The molecule has 1 amide bonds. The van der Waals surface area contributed by atoms with Crippen molar-refractivity contribution < 1.29 is 13.2 Å². The Morgan fingerprint density at radius 1 is 0.968 bits per heavy atom. The van der Waals surface area contributed by atoms with Crippen LogP contribution < -0.4 is 10.0 Å². The van der Waals surface area contributed by atoms with Crippen molar-refractivity contribution in [3.63, 3.8) is 0 Å². The molecule has 6 nitrogen and oxygen atoms in total. The fourth-order valence-corrected chi connectivity index (χ4v) is 4.02. The summed E-state index contributed by atoms with van der Waals surface area (Å²) in [7, 11) is -3.98. The summed E-state index contributed by atoms with van der Waals surface area (Å²) in [5.74, 6) is -0.717. The number of rotatable bonds is 6. The van der Waals surface area contributed by atoms with Crippen LogP contribution in [0.2, 0.25) is 10.0 Å².